The molecule has 22 heavy (non-hydrogen) atoms. The zero-order chi connectivity index (χ0) is 16.8. The number of hydrogen-bond acceptors (Lipinski definition) is 4. The zero-order valence-electron chi connectivity index (χ0n) is 13.7. The molecule has 122 valence electrons. The third kappa shape index (κ3) is 5.39. The normalized spacial score (nSPS) is 13.6. The van der Waals surface area contributed by atoms with Gasteiger partial charge in [-0.05, 0) is 17.5 Å². The quantitative estimate of drug-likeness (QED) is 0.813. The van der Waals surface area contributed by atoms with E-state index in [1.165, 1.54) is 12.1 Å². The third-order valence-electron chi connectivity index (χ3n) is 3.20. The number of nitrogens with one attached hydrogen (secondary N) is 1. The lowest BCUT2D eigenvalue weighted by atomic mass is 9.83. The van der Waals surface area contributed by atoms with Crippen molar-refractivity contribution in [2.24, 2.45) is 11.1 Å². The summed E-state index contributed by atoms with van der Waals surface area (Å²) < 4.78 is 18.7. The van der Waals surface area contributed by atoms with Gasteiger partial charge in [0.15, 0.2) is 17.3 Å². The molecule has 5 heteroatoms. The number of ketones is 1. The van der Waals surface area contributed by atoms with E-state index in [2.05, 4.69) is 5.32 Å². The van der Waals surface area contributed by atoms with Crippen LogP contribution in [0, 0.1) is 11.2 Å². The Morgan fingerprint density at radius 2 is 2.05 bits per heavy atom. The number of carbonyl (C=O) groups excluding carboxylic acids is 1. The average Bonchev–Trinajstić information content (AvgIpc) is 2.44. The van der Waals surface area contributed by atoms with Crippen LogP contribution in [0.2, 0.25) is 0 Å². The number of Topliss-reactive ketones (excluding diaryl/α,β-unsaturated/α-hetero) is 1. The van der Waals surface area contributed by atoms with Crippen molar-refractivity contribution in [1.82, 2.24) is 5.32 Å². The zero-order valence-corrected chi connectivity index (χ0v) is 13.7. The number of ether oxygens (including phenoxy) is 1. The highest BCUT2D eigenvalue weighted by Crippen LogP contribution is 2.21. The summed E-state index contributed by atoms with van der Waals surface area (Å²) in [5.41, 5.74) is 6.01. The van der Waals surface area contributed by atoms with E-state index < -0.39 is 5.82 Å². The molecule has 0 bridgehead atoms. The van der Waals surface area contributed by atoms with Gasteiger partial charge in [0.25, 0.3) is 0 Å². The van der Waals surface area contributed by atoms with E-state index in [9.17, 15) is 9.18 Å². The summed E-state index contributed by atoms with van der Waals surface area (Å²) >= 11 is 0. The molecule has 0 fully saturated rings. The molecule has 0 aliphatic carbocycles. The Labute approximate surface area is 131 Å². The summed E-state index contributed by atoms with van der Waals surface area (Å²) in [6.45, 7) is 7.83. The van der Waals surface area contributed by atoms with E-state index in [4.69, 9.17) is 10.5 Å². The molecule has 0 amide bonds. The van der Waals surface area contributed by atoms with Crippen LogP contribution in [0.5, 0.6) is 5.75 Å². The summed E-state index contributed by atoms with van der Waals surface area (Å²) in [7, 11) is 0. The fourth-order valence-electron chi connectivity index (χ4n) is 1.98. The van der Waals surface area contributed by atoms with Crippen LogP contribution in [0.15, 0.2) is 36.2 Å². The molecular formula is C17H25FN2O2. The Hall–Kier alpha value is -2.04. The number of benzene rings is 1. The number of para-hydroxylation sites is 1. The second-order valence-electron chi connectivity index (χ2n) is 6.22. The van der Waals surface area contributed by atoms with Gasteiger partial charge in [-0.3, -0.25) is 4.79 Å². The molecule has 1 aromatic carbocycles. The SMILES string of the molecule is CCC(=O)C(N/C=C(\N)COc1ccccc1F)C(C)(C)C. The first-order valence-electron chi connectivity index (χ1n) is 7.36. The third-order valence-corrected chi connectivity index (χ3v) is 3.20. The van der Waals surface area contributed by atoms with Crippen molar-refractivity contribution in [3.05, 3.63) is 42.0 Å². The minimum absolute atomic E-state index is 0.0467. The molecule has 1 atom stereocenters. The van der Waals surface area contributed by atoms with Gasteiger partial charge in [-0.2, -0.15) is 0 Å². The second kappa shape index (κ2) is 7.82. The van der Waals surface area contributed by atoms with E-state index in [1.807, 2.05) is 27.7 Å². The van der Waals surface area contributed by atoms with Gasteiger partial charge >= 0.3 is 0 Å². The molecule has 0 aliphatic rings. The molecule has 4 nitrogen and oxygen atoms in total. The van der Waals surface area contributed by atoms with Crippen molar-refractivity contribution in [3.8, 4) is 5.75 Å². The van der Waals surface area contributed by atoms with Crippen LogP contribution in [0.25, 0.3) is 0 Å². The van der Waals surface area contributed by atoms with Gasteiger partial charge in [-0.1, -0.05) is 39.8 Å². The van der Waals surface area contributed by atoms with Gasteiger partial charge in [-0.15, -0.1) is 0 Å². The maximum Gasteiger partial charge on any atom is 0.165 e. The lowest BCUT2D eigenvalue weighted by Gasteiger charge is -2.29. The van der Waals surface area contributed by atoms with Gasteiger partial charge in [0.1, 0.15) is 6.61 Å². The molecule has 1 rings (SSSR count). The first kappa shape index (κ1) is 18.0. The monoisotopic (exact) mass is 308 g/mol. The predicted octanol–water partition coefficient (Wildman–Crippen LogP) is 2.99. The number of nitrogens with two attached hydrogens (primary N) is 1. The maximum atomic E-state index is 13.4. The summed E-state index contributed by atoms with van der Waals surface area (Å²) in [5, 5.41) is 3.05. The van der Waals surface area contributed by atoms with Crippen molar-refractivity contribution in [1.29, 1.82) is 0 Å². The number of halogens is 1. The van der Waals surface area contributed by atoms with Crippen LogP contribution in [-0.2, 0) is 4.79 Å². The van der Waals surface area contributed by atoms with Crippen LogP contribution in [-0.4, -0.2) is 18.4 Å². The van der Waals surface area contributed by atoms with Crippen LogP contribution < -0.4 is 15.8 Å². The largest absolute Gasteiger partial charge is 0.484 e. The van der Waals surface area contributed by atoms with Crippen molar-refractivity contribution < 1.29 is 13.9 Å². The number of carbonyl (C=O) groups is 1. The van der Waals surface area contributed by atoms with Crippen molar-refractivity contribution in [2.45, 2.75) is 40.2 Å². The van der Waals surface area contributed by atoms with Gasteiger partial charge in [0, 0.05) is 12.6 Å². The van der Waals surface area contributed by atoms with Crippen molar-refractivity contribution in [3.63, 3.8) is 0 Å². The average molecular weight is 308 g/mol. The topological polar surface area (TPSA) is 64.4 Å². The Kier molecular flexibility index (Phi) is 6.40. The number of hydrogen-bond donors (Lipinski definition) is 2. The van der Waals surface area contributed by atoms with Crippen LogP contribution in [0.3, 0.4) is 0 Å². The van der Waals surface area contributed by atoms with Gasteiger partial charge in [-0.25, -0.2) is 4.39 Å². The maximum absolute atomic E-state index is 13.4. The summed E-state index contributed by atoms with van der Waals surface area (Å²) in [6, 6.07) is 5.81. The molecule has 0 saturated heterocycles. The first-order chi connectivity index (χ1) is 10.3. The Morgan fingerprint density at radius 1 is 1.41 bits per heavy atom. The molecule has 1 aromatic rings. The summed E-state index contributed by atoms with van der Waals surface area (Å²) in [5.74, 6) is -0.167. The smallest absolute Gasteiger partial charge is 0.165 e. The van der Waals surface area contributed by atoms with E-state index in [0.717, 1.165) is 0 Å². The lowest BCUT2D eigenvalue weighted by molar-refractivity contribution is -0.122. The summed E-state index contributed by atoms with van der Waals surface area (Å²) in [6.07, 6.45) is 2.01. The minimum Gasteiger partial charge on any atom is -0.484 e. The highest BCUT2D eigenvalue weighted by atomic mass is 19.1. The molecule has 0 aliphatic heterocycles. The fourth-order valence-corrected chi connectivity index (χ4v) is 1.98. The Morgan fingerprint density at radius 3 is 2.59 bits per heavy atom. The molecule has 0 saturated carbocycles. The molecule has 0 heterocycles. The lowest BCUT2D eigenvalue weighted by Crippen LogP contribution is -2.44. The Bertz CT molecular complexity index is 536. The van der Waals surface area contributed by atoms with Crippen molar-refractivity contribution >= 4 is 5.78 Å². The van der Waals surface area contributed by atoms with E-state index in [-0.39, 0.29) is 29.6 Å². The predicted molar refractivity (Wildman–Crippen MR) is 85.8 cm³/mol. The van der Waals surface area contributed by atoms with Crippen LogP contribution in [0.4, 0.5) is 4.39 Å². The van der Waals surface area contributed by atoms with Crippen molar-refractivity contribution in [2.75, 3.05) is 6.61 Å². The van der Waals surface area contributed by atoms with E-state index >= 15 is 0 Å². The second-order valence-corrected chi connectivity index (χ2v) is 6.22. The van der Waals surface area contributed by atoms with Gasteiger partial charge < -0.3 is 15.8 Å². The molecule has 0 radical (unpaired) electrons. The Balaban J connectivity index is 2.64. The van der Waals surface area contributed by atoms with E-state index in [1.54, 1.807) is 18.3 Å². The van der Waals surface area contributed by atoms with Gasteiger partial charge in [0.05, 0.1) is 11.7 Å². The molecule has 3 N–H and O–H groups in total. The van der Waals surface area contributed by atoms with E-state index in [0.29, 0.717) is 12.1 Å². The molecule has 0 aromatic heterocycles. The highest BCUT2D eigenvalue weighted by molar-refractivity contribution is 5.84. The molecular weight excluding hydrogens is 283 g/mol. The standard InChI is InChI=1S/C17H25FN2O2/c1-5-14(21)16(17(2,3)4)20-10-12(19)11-22-15-9-7-6-8-13(15)18/h6-10,16,20H,5,11,19H2,1-4H3/b12-10-. The molecule has 0 spiro atoms. The fraction of sp³-hybridized carbons (Fsp3) is 0.471. The highest BCUT2D eigenvalue weighted by Gasteiger charge is 2.28. The minimum atomic E-state index is -0.433. The molecule has 1 unspecified atom stereocenters. The van der Waals surface area contributed by atoms with Gasteiger partial charge in [0.2, 0.25) is 0 Å². The number of rotatable bonds is 7. The first-order valence-corrected chi connectivity index (χ1v) is 7.36. The van der Waals surface area contributed by atoms with Crippen LogP contribution in [0.1, 0.15) is 34.1 Å². The summed E-state index contributed by atoms with van der Waals surface area (Å²) in [4.78, 5) is 12.0. The van der Waals surface area contributed by atoms with Crippen LogP contribution >= 0.6 is 0 Å².